The summed E-state index contributed by atoms with van der Waals surface area (Å²) in [5, 5.41) is 5.03. The second-order valence-corrected chi connectivity index (χ2v) is 16.6. The average molecular weight is 766 g/mol. The summed E-state index contributed by atoms with van der Waals surface area (Å²) in [4.78, 5) is 2.40. The van der Waals surface area contributed by atoms with Crippen LogP contribution in [0.5, 0.6) is 0 Å². The lowest BCUT2D eigenvalue weighted by atomic mass is 9.81. The van der Waals surface area contributed by atoms with Gasteiger partial charge in [0.25, 0.3) is 0 Å². The predicted molar refractivity (Wildman–Crippen MR) is 255 cm³/mol. The van der Waals surface area contributed by atoms with Crippen molar-refractivity contribution in [1.82, 2.24) is 0 Å². The smallest absolute Gasteiger partial charge is 0.0465 e. The molecule has 0 radical (unpaired) electrons. The molecule has 10 aromatic carbocycles. The normalized spacial score (nSPS) is 12.6. The summed E-state index contributed by atoms with van der Waals surface area (Å²) in [6.45, 7) is 4.77. The zero-order valence-corrected chi connectivity index (χ0v) is 33.8. The van der Waals surface area contributed by atoms with Crippen LogP contribution in [0.2, 0.25) is 0 Å². The van der Waals surface area contributed by atoms with Crippen LogP contribution in [0.1, 0.15) is 25.0 Å². The number of hydrogen-bond acceptors (Lipinski definition) is 1. The third-order valence-electron chi connectivity index (χ3n) is 12.6. The van der Waals surface area contributed by atoms with E-state index >= 15 is 0 Å². The van der Waals surface area contributed by atoms with Crippen LogP contribution in [-0.4, -0.2) is 0 Å². The fourth-order valence-corrected chi connectivity index (χ4v) is 9.33. The second-order valence-electron chi connectivity index (χ2n) is 16.6. The molecule has 1 heteroatoms. The third-order valence-corrected chi connectivity index (χ3v) is 12.6. The molecule has 0 atom stereocenters. The van der Waals surface area contributed by atoms with Crippen molar-refractivity contribution in [1.29, 1.82) is 0 Å². The van der Waals surface area contributed by atoms with Gasteiger partial charge in [-0.15, -0.1) is 0 Å². The van der Waals surface area contributed by atoms with Gasteiger partial charge in [0.1, 0.15) is 0 Å². The Morgan fingerprint density at radius 1 is 0.267 bits per heavy atom. The minimum absolute atomic E-state index is 0.192. The van der Waals surface area contributed by atoms with Crippen molar-refractivity contribution in [2.45, 2.75) is 19.3 Å². The van der Waals surface area contributed by atoms with E-state index in [1.165, 1.54) is 88.3 Å². The van der Waals surface area contributed by atoms with Crippen molar-refractivity contribution < 1.29 is 0 Å². The van der Waals surface area contributed by atoms with Gasteiger partial charge in [0, 0.05) is 22.5 Å². The Labute approximate surface area is 352 Å². The van der Waals surface area contributed by atoms with E-state index in [1.807, 2.05) is 0 Å². The van der Waals surface area contributed by atoms with E-state index in [1.54, 1.807) is 0 Å². The van der Waals surface area contributed by atoms with Gasteiger partial charge in [-0.25, -0.2) is 0 Å². The summed E-state index contributed by atoms with van der Waals surface area (Å²) in [5.41, 5.74) is 18.3. The molecule has 0 spiro atoms. The van der Waals surface area contributed by atoms with Gasteiger partial charge in [-0.2, -0.15) is 0 Å². The van der Waals surface area contributed by atoms with E-state index in [9.17, 15) is 0 Å². The monoisotopic (exact) mass is 765 g/mol. The highest BCUT2D eigenvalue weighted by molar-refractivity contribution is 5.94. The van der Waals surface area contributed by atoms with Crippen molar-refractivity contribution in [2.24, 2.45) is 0 Å². The Morgan fingerprint density at radius 3 is 1.15 bits per heavy atom. The van der Waals surface area contributed by atoms with Crippen LogP contribution < -0.4 is 4.90 Å². The summed E-state index contributed by atoms with van der Waals surface area (Å²) in [7, 11) is 0. The van der Waals surface area contributed by atoms with Crippen LogP contribution in [0, 0.1) is 0 Å². The molecule has 0 fully saturated rings. The van der Waals surface area contributed by atoms with Gasteiger partial charge in [0.15, 0.2) is 0 Å². The van der Waals surface area contributed by atoms with Crippen LogP contribution in [0.15, 0.2) is 224 Å². The van der Waals surface area contributed by atoms with Crippen LogP contribution in [-0.2, 0) is 5.41 Å². The summed E-state index contributed by atoms with van der Waals surface area (Å²) in [6, 6.07) is 82.4. The maximum Gasteiger partial charge on any atom is 0.0465 e. The first-order valence-corrected chi connectivity index (χ1v) is 20.9. The van der Waals surface area contributed by atoms with Crippen LogP contribution in [0.3, 0.4) is 0 Å². The van der Waals surface area contributed by atoms with Gasteiger partial charge in [0.05, 0.1) is 0 Å². The van der Waals surface area contributed by atoms with Crippen molar-refractivity contribution >= 4 is 38.6 Å². The van der Waals surface area contributed by atoms with Gasteiger partial charge >= 0.3 is 0 Å². The molecule has 60 heavy (non-hydrogen) atoms. The lowest BCUT2D eigenvalue weighted by molar-refractivity contribution is 0.660. The molecule has 0 saturated carbocycles. The summed E-state index contributed by atoms with van der Waals surface area (Å²) in [6.07, 6.45) is 0. The predicted octanol–water partition coefficient (Wildman–Crippen LogP) is 16.4. The van der Waals surface area contributed by atoms with Gasteiger partial charge in [-0.05, 0) is 149 Å². The molecule has 0 aromatic heterocycles. The lowest BCUT2D eigenvalue weighted by Crippen LogP contribution is -2.16. The fraction of sp³-hybridized carbons (Fsp3) is 0.0508. The van der Waals surface area contributed by atoms with E-state index in [0.717, 1.165) is 17.1 Å². The van der Waals surface area contributed by atoms with Crippen LogP contribution in [0.25, 0.3) is 77.2 Å². The summed E-state index contributed by atoms with van der Waals surface area (Å²) in [5.74, 6) is 0. The molecule has 0 saturated heterocycles. The Bertz CT molecular complexity index is 3110. The number of nitrogens with zero attached hydrogens (tertiary/aromatic N) is 1. The quantitative estimate of drug-likeness (QED) is 0.156. The Hall–Kier alpha value is -7.48. The average Bonchev–Trinajstić information content (AvgIpc) is 3.54. The molecule has 0 amide bonds. The highest BCUT2D eigenvalue weighted by atomic mass is 15.1. The van der Waals surface area contributed by atoms with E-state index in [2.05, 4.69) is 243 Å². The fourth-order valence-electron chi connectivity index (χ4n) is 9.33. The number of rotatable bonds is 7. The zero-order chi connectivity index (χ0) is 40.2. The van der Waals surface area contributed by atoms with Crippen molar-refractivity contribution in [3.63, 3.8) is 0 Å². The number of benzene rings is 10. The Morgan fingerprint density at radius 2 is 0.617 bits per heavy atom. The zero-order valence-electron chi connectivity index (χ0n) is 33.8. The lowest BCUT2D eigenvalue weighted by Gasteiger charge is -2.28. The maximum atomic E-state index is 2.43. The Balaban J connectivity index is 0.933. The van der Waals surface area contributed by atoms with E-state index in [-0.39, 0.29) is 5.41 Å². The molecule has 1 aliphatic rings. The van der Waals surface area contributed by atoms with Crippen LogP contribution >= 0.6 is 0 Å². The van der Waals surface area contributed by atoms with E-state index in [0.29, 0.717) is 0 Å². The SMILES string of the molecule is CC1(C)c2cc(-c3ccc4cc(-c5ccc6ccccc6c5)ccc4c3)ccc2-c2ccc(N(c3ccc(-c4ccccc4)cc3)c3ccc(-c4ccccc4)cc3)cc21. The standard InChI is InChI=1S/C59H43N/c1-59(2)57-38-51(50-22-21-48-36-47(19-20-49(48)37-50)46-18-17-42-15-9-10-16-45(42)35-46)27-33-55(57)56-34-32-54(39-58(56)59)60(52-28-23-43(24-29-52)40-11-5-3-6-12-40)53-30-25-44(26-31-53)41-13-7-4-8-14-41/h3-39H,1-2H3. The molecule has 0 bridgehead atoms. The molecule has 1 nitrogen and oxygen atoms in total. The highest BCUT2D eigenvalue weighted by Crippen LogP contribution is 2.52. The number of fused-ring (bicyclic) bond motifs is 5. The van der Waals surface area contributed by atoms with Gasteiger partial charge in [-0.1, -0.05) is 178 Å². The number of hydrogen-bond donors (Lipinski definition) is 0. The van der Waals surface area contributed by atoms with E-state index in [4.69, 9.17) is 0 Å². The summed E-state index contributed by atoms with van der Waals surface area (Å²) >= 11 is 0. The van der Waals surface area contributed by atoms with E-state index < -0.39 is 0 Å². The molecule has 0 aliphatic heterocycles. The molecule has 10 aromatic rings. The molecule has 284 valence electrons. The van der Waals surface area contributed by atoms with Gasteiger partial charge in [-0.3, -0.25) is 0 Å². The third kappa shape index (κ3) is 6.27. The molecule has 0 unspecified atom stereocenters. The number of anilines is 3. The van der Waals surface area contributed by atoms with Crippen molar-refractivity contribution in [3.05, 3.63) is 236 Å². The topological polar surface area (TPSA) is 3.24 Å². The van der Waals surface area contributed by atoms with Crippen molar-refractivity contribution in [2.75, 3.05) is 4.90 Å². The minimum Gasteiger partial charge on any atom is -0.310 e. The van der Waals surface area contributed by atoms with Crippen molar-refractivity contribution in [3.8, 4) is 55.6 Å². The minimum atomic E-state index is -0.192. The second kappa shape index (κ2) is 14.4. The molecular weight excluding hydrogens is 723 g/mol. The first-order chi connectivity index (χ1) is 29.5. The largest absolute Gasteiger partial charge is 0.310 e. The summed E-state index contributed by atoms with van der Waals surface area (Å²) < 4.78 is 0. The molecule has 0 heterocycles. The van der Waals surface area contributed by atoms with Crippen LogP contribution in [0.4, 0.5) is 17.1 Å². The maximum absolute atomic E-state index is 2.43. The molecular formula is C59H43N. The Kier molecular flexibility index (Phi) is 8.57. The van der Waals surface area contributed by atoms with Gasteiger partial charge < -0.3 is 4.90 Å². The highest BCUT2D eigenvalue weighted by Gasteiger charge is 2.36. The first-order valence-electron chi connectivity index (χ1n) is 20.9. The molecule has 1 aliphatic carbocycles. The first kappa shape index (κ1) is 35.7. The van der Waals surface area contributed by atoms with Gasteiger partial charge in [0.2, 0.25) is 0 Å². The molecule has 11 rings (SSSR count). The molecule has 0 N–H and O–H groups in total.